The summed E-state index contributed by atoms with van der Waals surface area (Å²) in [7, 11) is 0. The third-order valence-corrected chi connectivity index (χ3v) is 6.20. The van der Waals surface area contributed by atoms with Crippen LogP contribution in [0.5, 0.6) is 0 Å². The van der Waals surface area contributed by atoms with Crippen molar-refractivity contribution in [3.05, 3.63) is 64.7 Å². The molecule has 170 valence electrons. The fourth-order valence-electron chi connectivity index (χ4n) is 4.58. The van der Waals surface area contributed by atoms with E-state index in [1.54, 1.807) is 0 Å². The fourth-order valence-corrected chi connectivity index (χ4v) is 4.58. The molecule has 32 heavy (non-hydrogen) atoms. The molecule has 4 rings (SSSR count). The molecule has 2 unspecified atom stereocenters. The summed E-state index contributed by atoms with van der Waals surface area (Å²) in [5, 5.41) is 12.2. The van der Waals surface area contributed by atoms with E-state index in [4.69, 9.17) is 0 Å². The molecule has 2 heterocycles. The van der Waals surface area contributed by atoms with Crippen LogP contribution in [0.3, 0.4) is 0 Å². The minimum absolute atomic E-state index is 0.171. The van der Waals surface area contributed by atoms with E-state index in [2.05, 4.69) is 5.32 Å². The minimum Gasteiger partial charge on any atom is -0.393 e. The highest BCUT2D eigenvalue weighted by Gasteiger charge is 2.52. The number of aliphatic hydroxyl groups excluding tert-OH is 1. The van der Waals surface area contributed by atoms with Crippen LogP contribution in [0.2, 0.25) is 0 Å². The van der Waals surface area contributed by atoms with E-state index in [9.17, 15) is 23.5 Å². The number of benzene rings is 2. The van der Waals surface area contributed by atoms with Gasteiger partial charge in [0.2, 0.25) is 0 Å². The van der Waals surface area contributed by atoms with Crippen LogP contribution in [-0.4, -0.2) is 40.0 Å². The highest BCUT2D eigenvalue weighted by atomic mass is 19.3. The van der Waals surface area contributed by atoms with Crippen LogP contribution in [0.15, 0.2) is 36.4 Å². The van der Waals surface area contributed by atoms with Crippen LogP contribution < -0.4 is 5.32 Å². The molecule has 5 nitrogen and oxygen atoms in total. The molecule has 2 N–H and O–H groups in total. The highest BCUT2D eigenvalue weighted by molar-refractivity contribution is 6.04. The van der Waals surface area contributed by atoms with E-state index in [0.29, 0.717) is 18.9 Å². The molecule has 0 aliphatic carbocycles. The van der Waals surface area contributed by atoms with Crippen LogP contribution >= 0.6 is 0 Å². The van der Waals surface area contributed by atoms with Gasteiger partial charge < -0.3 is 15.3 Å². The van der Waals surface area contributed by atoms with Gasteiger partial charge in [0.25, 0.3) is 11.8 Å². The Bertz CT molecular complexity index is 1060. The number of rotatable bonds is 4. The summed E-state index contributed by atoms with van der Waals surface area (Å²) in [4.78, 5) is 26.4. The van der Waals surface area contributed by atoms with Gasteiger partial charge in [0.1, 0.15) is 11.6 Å². The quantitative estimate of drug-likeness (QED) is 0.689. The smallest absolute Gasteiger partial charge is 0.350 e. The Morgan fingerprint density at radius 3 is 2.28 bits per heavy atom. The standard InChI is InChI=1S/C23H22F4N2O3/c1-12-8-14(3-7-19(12)24)28-21(31)18-9-13(2-6-20(18)25)23(26,27)22(32)29-15-4-5-16(29)11-17(30)10-15/h2-3,6-9,15-17,30H,4-5,10-11H2,1H3,(H,28,31). The monoisotopic (exact) mass is 450 g/mol. The number of piperidine rings is 1. The summed E-state index contributed by atoms with van der Waals surface area (Å²) in [5.74, 6) is -7.91. The lowest BCUT2D eigenvalue weighted by atomic mass is 9.97. The maximum atomic E-state index is 15.2. The largest absolute Gasteiger partial charge is 0.393 e. The average molecular weight is 450 g/mol. The lowest BCUT2D eigenvalue weighted by Gasteiger charge is -2.38. The van der Waals surface area contributed by atoms with Crippen LogP contribution in [0.25, 0.3) is 0 Å². The number of nitrogens with zero attached hydrogens (tertiary/aromatic N) is 1. The maximum Gasteiger partial charge on any atom is 0.350 e. The van der Waals surface area contributed by atoms with E-state index in [-0.39, 0.29) is 24.1 Å². The molecule has 2 atom stereocenters. The van der Waals surface area contributed by atoms with Crippen molar-refractivity contribution >= 4 is 17.5 Å². The van der Waals surface area contributed by atoms with Gasteiger partial charge in [-0.1, -0.05) is 0 Å². The number of nitrogens with one attached hydrogen (secondary N) is 1. The molecular weight excluding hydrogens is 428 g/mol. The molecule has 2 aliphatic heterocycles. The number of carbonyl (C=O) groups excluding carboxylic acids is 2. The van der Waals surface area contributed by atoms with Gasteiger partial charge in [0.15, 0.2) is 0 Å². The summed E-state index contributed by atoms with van der Waals surface area (Å²) in [6, 6.07) is 4.95. The van der Waals surface area contributed by atoms with Gasteiger partial charge in [-0.15, -0.1) is 0 Å². The molecule has 0 spiro atoms. The number of aliphatic hydroxyl groups is 1. The zero-order valence-electron chi connectivity index (χ0n) is 17.2. The second kappa shape index (κ2) is 8.20. The molecule has 0 radical (unpaired) electrons. The number of hydrogen-bond acceptors (Lipinski definition) is 3. The van der Waals surface area contributed by atoms with Crippen molar-refractivity contribution in [1.82, 2.24) is 4.90 Å². The second-order valence-electron chi connectivity index (χ2n) is 8.41. The Kier molecular flexibility index (Phi) is 5.70. The van der Waals surface area contributed by atoms with E-state index < -0.39 is 58.7 Å². The summed E-state index contributed by atoms with van der Waals surface area (Å²) < 4.78 is 58.0. The second-order valence-corrected chi connectivity index (χ2v) is 8.41. The number of aryl methyl sites for hydroxylation is 1. The van der Waals surface area contributed by atoms with Crippen LogP contribution in [0.4, 0.5) is 23.2 Å². The lowest BCUT2D eigenvalue weighted by Crippen LogP contribution is -2.52. The van der Waals surface area contributed by atoms with Gasteiger partial charge >= 0.3 is 5.92 Å². The normalized spacial score (nSPS) is 22.7. The minimum atomic E-state index is -3.97. The van der Waals surface area contributed by atoms with Crippen molar-refractivity contribution < 1.29 is 32.3 Å². The summed E-state index contributed by atoms with van der Waals surface area (Å²) >= 11 is 0. The summed E-state index contributed by atoms with van der Waals surface area (Å²) in [5.41, 5.74) is -1.04. The lowest BCUT2D eigenvalue weighted by molar-refractivity contribution is -0.165. The Morgan fingerprint density at radius 1 is 1.03 bits per heavy atom. The van der Waals surface area contributed by atoms with Crippen molar-refractivity contribution in [2.75, 3.05) is 5.32 Å². The maximum absolute atomic E-state index is 15.2. The molecule has 2 saturated heterocycles. The first-order valence-corrected chi connectivity index (χ1v) is 10.3. The molecule has 0 aromatic heterocycles. The number of carbonyl (C=O) groups is 2. The summed E-state index contributed by atoms with van der Waals surface area (Å²) in [6.45, 7) is 1.48. The first-order chi connectivity index (χ1) is 15.1. The number of hydrogen-bond donors (Lipinski definition) is 2. The molecule has 2 amide bonds. The molecule has 2 aliphatic rings. The number of amides is 2. The zero-order valence-corrected chi connectivity index (χ0v) is 17.2. The SMILES string of the molecule is Cc1cc(NC(=O)c2cc(C(F)(F)C(=O)N3C4CCC3CC(O)C4)ccc2F)ccc1F. The van der Waals surface area contributed by atoms with Crippen molar-refractivity contribution in [2.45, 2.75) is 56.7 Å². The van der Waals surface area contributed by atoms with Crippen LogP contribution in [-0.2, 0) is 10.7 Å². The molecular formula is C23H22F4N2O3. The Hall–Kier alpha value is -2.94. The van der Waals surface area contributed by atoms with Crippen molar-refractivity contribution in [2.24, 2.45) is 0 Å². The van der Waals surface area contributed by atoms with Gasteiger partial charge in [0, 0.05) is 23.3 Å². The van der Waals surface area contributed by atoms with Crippen molar-refractivity contribution in [1.29, 1.82) is 0 Å². The third-order valence-electron chi connectivity index (χ3n) is 6.20. The molecule has 2 aromatic carbocycles. The Labute approximate surface area is 182 Å². The van der Waals surface area contributed by atoms with Gasteiger partial charge in [-0.2, -0.15) is 8.78 Å². The topological polar surface area (TPSA) is 69.6 Å². The Balaban J connectivity index is 1.59. The predicted molar refractivity (Wildman–Crippen MR) is 108 cm³/mol. The number of halogens is 4. The fraction of sp³-hybridized carbons (Fsp3) is 0.391. The Morgan fingerprint density at radius 2 is 1.66 bits per heavy atom. The summed E-state index contributed by atoms with van der Waals surface area (Å²) in [6.07, 6.45) is 0.940. The van der Waals surface area contributed by atoms with Gasteiger partial charge in [-0.25, -0.2) is 8.78 Å². The van der Waals surface area contributed by atoms with Gasteiger partial charge in [0.05, 0.1) is 11.7 Å². The van der Waals surface area contributed by atoms with Gasteiger partial charge in [-0.3, -0.25) is 9.59 Å². The van der Waals surface area contributed by atoms with E-state index >= 15 is 8.78 Å². The van der Waals surface area contributed by atoms with E-state index in [0.717, 1.165) is 23.1 Å². The number of alkyl halides is 2. The van der Waals surface area contributed by atoms with Crippen molar-refractivity contribution in [3.8, 4) is 0 Å². The van der Waals surface area contributed by atoms with Crippen LogP contribution in [0.1, 0.15) is 47.2 Å². The molecule has 2 bridgehead atoms. The van der Waals surface area contributed by atoms with Crippen molar-refractivity contribution in [3.63, 3.8) is 0 Å². The highest BCUT2D eigenvalue weighted by Crippen LogP contribution is 2.41. The first-order valence-electron chi connectivity index (χ1n) is 10.3. The first kappa shape index (κ1) is 22.3. The van der Waals surface area contributed by atoms with E-state index in [1.165, 1.54) is 19.1 Å². The molecule has 0 saturated carbocycles. The number of fused-ring (bicyclic) bond motifs is 2. The average Bonchev–Trinajstić information content (AvgIpc) is 3.00. The molecule has 2 aromatic rings. The molecule has 9 heteroatoms. The molecule has 2 fully saturated rings. The predicted octanol–water partition coefficient (Wildman–Crippen LogP) is 4.13. The number of anilines is 1. The van der Waals surface area contributed by atoms with E-state index in [1.807, 2.05) is 0 Å². The third kappa shape index (κ3) is 3.97. The zero-order chi connectivity index (χ0) is 23.2. The van der Waals surface area contributed by atoms with Crippen LogP contribution in [0, 0.1) is 18.6 Å². The van der Waals surface area contributed by atoms with Gasteiger partial charge in [-0.05, 0) is 74.6 Å².